The number of nitrogens with zero attached hydrogens (tertiary/aromatic N) is 1. The average molecular weight is 412 g/mol. The molecular formula is C16H25BrCl2N2O. The predicted octanol–water partition coefficient (Wildman–Crippen LogP) is 4.22. The maximum absolute atomic E-state index is 10.5. The van der Waals surface area contributed by atoms with E-state index in [1.54, 1.807) is 0 Å². The summed E-state index contributed by atoms with van der Waals surface area (Å²) in [4.78, 5) is 2.43. The first-order chi connectivity index (χ1) is 9.50. The van der Waals surface area contributed by atoms with Gasteiger partial charge in [0.05, 0.1) is 0 Å². The number of halogens is 3. The van der Waals surface area contributed by atoms with Crippen molar-refractivity contribution in [1.82, 2.24) is 10.2 Å². The van der Waals surface area contributed by atoms with Crippen LogP contribution < -0.4 is 5.32 Å². The zero-order valence-corrected chi connectivity index (χ0v) is 16.3. The molecule has 1 fully saturated rings. The van der Waals surface area contributed by atoms with E-state index in [2.05, 4.69) is 39.6 Å². The molecule has 0 bridgehead atoms. The van der Waals surface area contributed by atoms with Crippen LogP contribution in [0.15, 0.2) is 28.8 Å². The number of hydrogen-bond donors (Lipinski definition) is 2. The molecule has 1 aliphatic heterocycles. The van der Waals surface area contributed by atoms with Gasteiger partial charge in [-0.3, -0.25) is 4.90 Å². The molecule has 2 rings (SSSR count). The van der Waals surface area contributed by atoms with E-state index < -0.39 is 0 Å². The number of rotatable bonds is 4. The van der Waals surface area contributed by atoms with Gasteiger partial charge in [0.2, 0.25) is 0 Å². The fraction of sp³-hybridized carbons (Fsp3) is 0.500. The van der Waals surface area contributed by atoms with Crippen LogP contribution in [0.25, 0.3) is 0 Å². The molecular weight excluding hydrogens is 387 g/mol. The molecule has 0 spiro atoms. The Morgan fingerprint density at radius 2 is 1.95 bits per heavy atom. The zero-order chi connectivity index (χ0) is 14.7. The van der Waals surface area contributed by atoms with Crippen molar-refractivity contribution >= 4 is 40.7 Å². The molecule has 1 aliphatic rings. The first kappa shape index (κ1) is 21.7. The quantitative estimate of drug-likeness (QED) is 0.728. The Hall–Kier alpha value is -0.260. The van der Waals surface area contributed by atoms with Crippen LogP contribution in [0, 0.1) is 6.92 Å². The second-order valence-electron chi connectivity index (χ2n) is 5.59. The fourth-order valence-electron chi connectivity index (χ4n) is 2.75. The van der Waals surface area contributed by atoms with Crippen molar-refractivity contribution in [1.29, 1.82) is 0 Å². The molecule has 1 atom stereocenters. The molecule has 1 heterocycles. The van der Waals surface area contributed by atoms with Crippen LogP contribution in [-0.4, -0.2) is 36.2 Å². The van der Waals surface area contributed by atoms with Gasteiger partial charge in [-0.1, -0.05) is 27.6 Å². The number of nitrogens with one attached hydrogen (secondary N) is 1. The van der Waals surface area contributed by atoms with Crippen LogP contribution in [0.3, 0.4) is 0 Å². The summed E-state index contributed by atoms with van der Waals surface area (Å²) in [5.74, 6) is 0.407. The SMILES string of the molecule is C=C(C)C[C@@H](c1c(Br)ccc(C)c1O)N1CCNCC1.Cl.Cl. The summed E-state index contributed by atoms with van der Waals surface area (Å²) in [7, 11) is 0. The van der Waals surface area contributed by atoms with Gasteiger partial charge in [-0.25, -0.2) is 0 Å². The van der Waals surface area contributed by atoms with Crippen LogP contribution in [-0.2, 0) is 0 Å². The highest BCUT2D eigenvalue weighted by Gasteiger charge is 2.26. The summed E-state index contributed by atoms with van der Waals surface area (Å²) in [5.41, 5.74) is 3.06. The van der Waals surface area contributed by atoms with E-state index in [0.717, 1.165) is 53.8 Å². The number of phenolic OH excluding ortho intramolecular Hbond substituents is 1. The topological polar surface area (TPSA) is 35.5 Å². The minimum Gasteiger partial charge on any atom is -0.507 e. The maximum Gasteiger partial charge on any atom is 0.124 e. The number of piperazine rings is 1. The molecule has 0 aromatic heterocycles. The van der Waals surface area contributed by atoms with Crippen molar-refractivity contribution in [3.05, 3.63) is 39.9 Å². The smallest absolute Gasteiger partial charge is 0.124 e. The molecule has 6 heteroatoms. The Balaban J connectivity index is 0.00000220. The third kappa shape index (κ3) is 5.14. The highest BCUT2D eigenvalue weighted by atomic mass is 79.9. The third-order valence-corrected chi connectivity index (χ3v) is 4.52. The Morgan fingerprint density at radius 1 is 1.36 bits per heavy atom. The normalized spacial score (nSPS) is 16.3. The van der Waals surface area contributed by atoms with Gasteiger partial charge in [0.1, 0.15) is 5.75 Å². The molecule has 22 heavy (non-hydrogen) atoms. The molecule has 0 amide bonds. The molecule has 0 aliphatic carbocycles. The molecule has 3 nitrogen and oxygen atoms in total. The molecule has 1 aromatic carbocycles. The van der Waals surface area contributed by atoms with Gasteiger partial charge in [0.15, 0.2) is 0 Å². The van der Waals surface area contributed by atoms with Gasteiger partial charge in [-0.2, -0.15) is 0 Å². The van der Waals surface area contributed by atoms with Crippen LogP contribution in [0.4, 0.5) is 0 Å². The van der Waals surface area contributed by atoms with Gasteiger partial charge in [0, 0.05) is 42.3 Å². The largest absolute Gasteiger partial charge is 0.507 e. The molecule has 126 valence electrons. The highest BCUT2D eigenvalue weighted by molar-refractivity contribution is 9.10. The molecule has 0 saturated carbocycles. The van der Waals surface area contributed by atoms with Crippen molar-refractivity contribution in [3.8, 4) is 5.75 Å². The first-order valence-electron chi connectivity index (χ1n) is 7.08. The Labute approximate surface area is 154 Å². The highest BCUT2D eigenvalue weighted by Crippen LogP contribution is 2.40. The maximum atomic E-state index is 10.5. The van der Waals surface area contributed by atoms with Crippen molar-refractivity contribution < 1.29 is 5.11 Å². The molecule has 1 aromatic rings. The van der Waals surface area contributed by atoms with Gasteiger partial charge in [0.25, 0.3) is 0 Å². The van der Waals surface area contributed by atoms with Crippen molar-refractivity contribution in [3.63, 3.8) is 0 Å². The van der Waals surface area contributed by atoms with E-state index in [1.807, 2.05) is 19.1 Å². The standard InChI is InChI=1S/C16H23BrN2O.2ClH/c1-11(2)10-14(19-8-6-18-7-9-19)15-13(17)5-4-12(3)16(15)20;;/h4-5,14,18,20H,1,6-10H2,2-3H3;2*1H/t14-;;/m0../s1. The fourth-order valence-corrected chi connectivity index (χ4v) is 3.33. The van der Waals surface area contributed by atoms with Crippen LogP contribution in [0.1, 0.15) is 30.5 Å². The van der Waals surface area contributed by atoms with E-state index in [1.165, 1.54) is 0 Å². The van der Waals surface area contributed by atoms with Gasteiger partial charge < -0.3 is 10.4 Å². The van der Waals surface area contributed by atoms with E-state index in [9.17, 15) is 5.11 Å². The molecule has 1 saturated heterocycles. The number of benzene rings is 1. The summed E-state index contributed by atoms with van der Waals surface area (Å²) in [6.45, 7) is 12.0. The average Bonchev–Trinajstić information content (AvgIpc) is 2.43. The van der Waals surface area contributed by atoms with Gasteiger partial charge in [-0.05, 0) is 31.9 Å². The van der Waals surface area contributed by atoms with Gasteiger partial charge >= 0.3 is 0 Å². The van der Waals surface area contributed by atoms with Crippen LogP contribution in [0.5, 0.6) is 5.75 Å². The van der Waals surface area contributed by atoms with Crippen molar-refractivity contribution in [2.45, 2.75) is 26.3 Å². The third-order valence-electron chi connectivity index (χ3n) is 3.83. The minimum absolute atomic E-state index is 0. The lowest BCUT2D eigenvalue weighted by Crippen LogP contribution is -2.45. The van der Waals surface area contributed by atoms with E-state index in [0.29, 0.717) is 5.75 Å². The summed E-state index contributed by atoms with van der Waals surface area (Å²) in [5, 5.41) is 13.9. The Morgan fingerprint density at radius 3 is 2.50 bits per heavy atom. The number of aryl methyl sites for hydroxylation is 1. The van der Waals surface area contributed by atoms with E-state index >= 15 is 0 Å². The summed E-state index contributed by atoms with van der Waals surface area (Å²) >= 11 is 3.61. The summed E-state index contributed by atoms with van der Waals surface area (Å²) in [6.07, 6.45) is 0.871. The molecule has 2 N–H and O–H groups in total. The number of aromatic hydroxyl groups is 1. The lowest BCUT2D eigenvalue weighted by molar-refractivity contribution is 0.169. The molecule has 0 unspecified atom stereocenters. The first-order valence-corrected chi connectivity index (χ1v) is 7.87. The van der Waals surface area contributed by atoms with Gasteiger partial charge in [-0.15, -0.1) is 31.4 Å². The number of hydrogen-bond acceptors (Lipinski definition) is 3. The van der Waals surface area contributed by atoms with E-state index in [4.69, 9.17) is 0 Å². The van der Waals surface area contributed by atoms with E-state index in [-0.39, 0.29) is 30.9 Å². The Bertz CT molecular complexity index is 505. The molecule has 0 radical (unpaired) electrons. The minimum atomic E-state index is 0. The predicted molar refractivity (Wildman–Crippen MR) is 102 cm³/mol. The zero-order valence-electron chi connectivity index (χ0n) is 13.1. The Kier molecular flexibility index (Phi) is 9.67. The van der Waals surface area contributed by atoms with Crippen LogP contribution >= 0.6 is 40.7 Å². The number of phenols is 1. The van der Waals surface area contributed by atoms with Crippen molar-refractivity contribution in [2.75, 3.05) is 26.2 Å². The lowest BCUT2D eigenvalue weighted by Gasteiger charge is -2.36. The van der Waals surface area contributed by atoms with Crippen molar-refractivity contribution in [2.24, 2.45) is 0 Å². The summed E-state index contributed by atoms with van der Waals surface area (Å²) < 4.78 is 0.977. The second-order valence-corrected chi connectivity index (χ2v) is 6.44. The lowest BCUT2D eigenvalue weighted by atomic mass is 9.95. The summed E-state index contributed by atoms with van der Waals surface area (Å²) in [6, 6.07) is 4.15. The second kappa shape index (κ2) is 9.78. The monoisotopic (exact) mass is 410 g/mol. The van der Waals surface area contributed by atoms with Crippen LogP contribution in [0.2, 0.25) is 0 Å².